The number of nitrogens with one attached hydrogen (secondary N) is 1. The minimum atomic E-state index is -0.148. The van der Waals surface area contributed by atoms with E-state index in [-0.39, 0.29) is 18.6 Å². The topological polar surface area (TPSA) is 38.3 Å². The van der Waals surface area contributed by atoms with Crippen molar-refractivity contribution < 1.29 is 9.53 Å². The Morgan fingerprint density at radius 1 is 1.14 bits per heavy atom. The van der Waals surface area contributed by atoms with Crippen molar-refractivity contribution in [2.24, 2.45) is 0 Å². The number of carbonyl (C=O) groups is 1. The Kier molecular flexibility index (Phi) is 5.45. The molecule has 0 aromatic heterocycles. The van der Waals surface area contributed by atoms with Gasteiger partial charge in [-0.3, -0.25) is 4.79 Å². The molecule has 0 fully saturated rings. The molecule has 1 amide bonds. The van der Waals surface area contributed by atoms with Gasteiger partial charge in [-0.25, -0.2) is 0 Å². The Morgan fingerprint density at radius 2 is 1.73 bits per heavy atom. The maximum absolute atomic E-state index is 12.0. The van der Waals surface area contributed by atoms with Gasteiger partial charge >= 0.3 is 0 Å². The van der Waals surface area contributed by atoms with Crippen LogP contribution in [0.4, 0.5) is 0 Å². The van der Waals surface area contributed by atoms with Crippen molar-refractivity contribution in [1.82, 2.24) is 5.32 Å². The van der Waals surface area contributed by atoms with Gasteiger partial charge in [-0.1, -0.05) is 41.9 Å². The fourth-order valence-corrected chi connectivity index (χ4v) is 2.41. The van der Waals surface area contributed by atoms with Gasteiger partial charge < -0.3 is 10.1 Å². The van der Waals surface area contributed by atoms with Gasteiger partial charge in [0.1, 0.15) is 5.75 Å². The average Bonchev–Trinajstić information content (AvgIpc) is 2.47. The minimum absolute atomic E-state index is 0.00359. The number of hydrogen-bond donors (Lipinski definition) is 1. The first kappa shape index (κ1) is 16.4. The van der Waals surface area contributed by atoms with Crippen LogP contribution in [0, 0.1) is 13.8 Å². The number of ether oxygens (including phenoxy) is 1. The summed E-state index contributed by atoms with van der Waals surface area (Å²) in [6.07, 6.45) is 0. The van der Waals surface area contributed by atoms with Crippen LogP contribution in [0.2, 0.25) is 5.02 Å². The summed E-state index contributed by atoms with van der Waals surface area (Å²) in [5, 5.41) is 3.60. The van der Waals surface area contributed by atoms with Crippen LogP contribution < -0.4 is 10.1 Å². The van der Waals surface area contributed by atoms with Crippen molar-refractivity contribution in [3.05, 3.63) is 64.2 Å². The molecule has 0 aliphatic carbocycles. The van der Waals surface area contributed by atoms with E-state index in [1.165, 1.54) is 0 Å². The van der Waals surface area contributed by atoms with Crippen molar-refractivity contribution in [2.75, 3.05) is 6.61 Å². The van der Waals surface area contributed by atoms with E-state index in [1.54, 1.807) is 0 Å². The Balaban J connectivity index is 1.91. The molecule has 0 aliphatic rings. The first-order chi connectivity index (χ1) is 10.5. The van der Waals surface area contributed by atoms with Crippen molar-refractivity contribution in [3.63, 3.8) is 0 Å². The van der Waals surface area contributed by atoms with Crippen LogP contribution in [-0.4, -0.2) is 12.5 Å². The first-order valence-electron chi connectivity index (χ1n) is 7.21. The maximum Gasteiger partial charge on any atom is 0.258 e. The summed E-state index contributed by atoms with van der Waals surface area (Å²) in [6, 6.07) is 13.2. The average molecular weight is 318 g/mol. The molecule has 1 atom stereocenters. The summed E-state index contributed by atoms with van der Waals surface area (Å²) >= 11 is 5.86. The summed E-state index contributed by atoms with van der Waals surface area (Å²) in [7, 11) is 0. The molecule has 0 bridgehead atoms. The zero-order valence-corrected chi connectivity index (χ0v) is 13.8. The number of aryl methyl sites for hydroxylation is 2. The van der Waals surface area contributed by atoms with E-state index >= 15 is 0 Å². The van der Waals surface area contributed by atoms with E-state index in [1.807, 2.05) is 63.2 Å². The molecule has 2 aromatic rings. The third kappa shape index (κ3) is 4.25. The Hall–Kier alpha value is -2.00. The standard InChI is InChI=1S/C18H20ClNO2/c1-12-5-4-6-13(2)18(12)22-11-17(21)20-14(3)15-7-9-16(19)10-8-15/h4-10,14H,11H2,1-3H3,(H,20,21)/t14-/m0/s1. The highest BCUT2D eigenvalue weighted by Crippen LogP contribution is 2.22. The van der Waals surface area contributed by atoms with Gasteiger partial charge in [-0.15, -0.1) is 0 Å². The van der Waals surface area contributed by atoms with Crippen molar-refractivity contribution in [3.8, 4) is 5.75 Å². The zero-order chi connectivity index (χ0) is 16.1. The molecule has 1 N–H and O–H groups in total. The maximum atomic E-state index is 12.0. The molecule has 0 heterocycles. The van der Waals surface area contributed by atoms with Crippen LogP contribution in [-0.2, 0) is 4.79 Å². The molecule has 0 aliphatic heterocycles. The number of rotatable bonds is 5. The predicted molar refractivity (Wildman–Crippen MR) is 89.4 cm³/mol. The normalized spacial score (nSPS) is 11.8. The molecular weight excluding hydrogens is 298 g/mol. The summed E-state index contributed by atoms with van der Waals surface area (Å²) in [5.74, 6) is 0.627. The number of hydrogen-bond acceptors (Lipinski definition) is 2. The number of amides is 1. The highest BCUT2D eigenvalue weighted by Gasteiger charge is 2.11. The minimum Gasteiger partial charge on any atom is -0.483 e. The molecule has 3 nitrogen and oxygen atoms in total. The van der Waals surface area contributed by atoms with Gasteiger partial charge in [-0.05, 0) is 49.6 Å². The third-order valence-corrected chi connectivity index (χ3v) is 3.76. The first-order valence-corrected chi connectivity index (χ1v) is 7.59. The van der Waals surface area contributed by atoms with E-state index in [4.69, 9.17) is 16.3 Å². The Morgan fingerprint density at radius 3 is 2.32 bits per heavy atom. The molecule has 22 heavy (non-hydrogen) atoms. The van der Waals surface area contributed by atoms with E-state index in [9.17, 15) is 4.79 Å². The fourth-order valence-electron chi connectivity index (χ4n) is 2.28. The van der Waals surface area contributed by atoms with Crippen molar-refractivity contribution >= 4 is 17.5 Å². The molecule has 116 valence electrons. The third-order valence-electron chi connectivity index (χ3n) is 3.50. The molecule has 4 heteroatoms. The molecular formula is C18H20ClNO2. The second kappa shape index (κ2) is 7.32. The summed E-state index contributed by atoms with van der Waals surface area (Å²) < 4.78 is 5.65. The van der Waals surface area contributed by atoms with Crippen LogP contribution in [0.25, 0.3) is 0 Å². The van der Waals surface area contributed by atoms with Gasteiger partial charge in [0, 0.05) is 5.02 Å². The van der Waals surface area contributed by atoms with Crippen LogP contribution in [0.15, 0.2) is 42.5 Å². The summed E-state index contributed by atoms with van der Waals surface area (Å²) in [4.78, 5) is 12.0. The fraction of sp³-hybridized carbons (Fsp3) is 0.278. The van der Waals surface area contributed by atoms with Crippen molar-refractivity contribution in [2.45, 2.75) is 26.8 Å². The van der Waals surface area contributed by atoms with Crippen LogP contribution in [0.3, 0.4) is 0 Å². The second-order valence-corrected chi connectivity index (χ2v) is 5.79. The highest BCUT2D eigenvalue weighted by atomic mass is 35.5. The SMILES string of the molecule is Cc1cccc(C)c1OCC(=O)N[C@@H](C)c1ccc(Cl)cc1. The van der Waals surface area contributed by atoms with E-state index in [2.05, 4.69) is 5.32 Å². The largest absolute Gasteiger partial charge is 0.483 e. The van der Waals surface area contributed by atoms with Crippen molar-refractivity contribution in [1.29, 1.82) is 0 Å². The van der Waals surface area contributed by atoms with E-state index < -0.39 is 0 Å². The van der Waals surface area contributed by atoms with Gasteiger partial charge in [0.25, 0.3) is 5.91 Å². The van der Waals surface area contributed by atoms with Gasteiger partial charge in [-0.2, -0.15) is 0 Å². The number of para-hydroxylation sites is 1. The zero-order valence-electron chi connectivity index (χ0n) is 13.0. The number of benzene rings is 2. The summed E-state index contributed by atoms with van der Waals surface area (Å²) in [5.41, 5.74) is 3.06. The monoisotopic (exact) mass is 317 g/mol. The molecule has 0 unspecified atom stereocenters. The Labute approximate surface area is 136 Å². The lowest BCUT2D eigenvalue weighted by Gasteiger charge is -2.16. The van der Waals surface area contributed by atoms with Crippen LogP contribution >= 0.6 is 11.6 Å². The lowest BCUT2D eigenvalue weighted by atomic mass is 10.1. The lowest BCUT2D eigenvalue weighted by Crippen LogP contribution is -2.31. The molecule has 0 radical (unpaired) electrons. The number of halogens is 1. The van der Waals surface area contributed by atoms with E-state index in [0.29, 0.717) is 5.02 Å². The van der Waals surface area contributed by atoms with Gasteiger partial charge in [0.15, 0.2) is 6.61 Å². The molecule has 2 rings (SSSR count). The lowest BCUT2D eigenvalue weighted by molar-refractivity contribution is -0.123. The number of carbonyl (C=O) groups excluding carboxylic acids is 1. The van der Waals surface area contributed by atoms with E-state index in [0.717, 1.165) is 22.4 Å². The highest BCUT2D eigenvalue weighted by molar-refractivity contribution is 6.30. The Bertz CT molecular complexity index is 632. The predicted octanol–water partition coefficient (Wildman–Crippen LogP) is 4.21. The van der Waals surface area contributed by atoms with Crippen LogP contribution in [0.5, 0.6) is 5.75 Å². The quantitative estimate of drug-likeness (QED) is 0.897. The second-order valence-electron chi connectivity index (χ2n) is 5.35. The van der Waals surface area contributed by atoms with Gasteiger partial charge in [0.2, 0.25) is 0 Å². The molecule has 0 saturated carbocycles. The smallest absolute Gasteiger partial charge is 0.258 e. The molecule has 2 aromatic carbocycles. The van der Waals surface area contributed by atoms with Gasteiger partial charge in [0.05, 0.1) is 6.04 Å². The molecule has 0 saturated heterocycles. The van der Waals surface area contributed by atoms with Crippen LogP contribution in [0.1, 0.15) is 29.7 Å². The molecule has 0 spiro atoms. The summed E-state index contributed by atoms with van der Waals surface area (Å²) in [6.45, 7) is 5.87.